The highest BCUT2D eigenvalue weighted by molar-refractivity contribution is 5.93. The Labute approximate surface area is 99.8 Å². The minimum Gasteiger partial charge on any atom is -0.478 e. The molecular formula is C15H12O2. The van der Waals surface area contributed by atoms with Crippen LogP contribution in [0, 0.1) is 0 Å². The van der Waals surface area contributed by atoms with Crippen molar-refractivity contribution in [1.29, 1.82) is 0 Å². The monoisotopic (exact) mass is 224 g/mol. The molecule has 0 saturated carbocycles. The molecule has 0 unspecified atom stereocenters. The van der Waals surface area contributed by atoms with E-state index in [2.05, 4.69) is 0 Å². The van der Waals surface area contributed by atoms with Gasteiger partial charge in [-0.1, -0.05) is 60.7 Å². The van der Waals surface area contributed by atoms with Crippen LogP contribution in [-0.2, 0) is 0 Å². The van der Waals surface area contributed by atoms with E-state index in [0.717, 1.165) is 5.56 Å². The number of hydrogen-bond donors (Lipinski definition) is 1. The molecule has 1 N–H and O–H groups in total. The highest BCUT2D eigenvalue weighted by Gasteiger charge is 2.05. The first-order valence-electron chi connectivity index (χ1n) is 5.33. The maximum absolute atomic E-state index is 11.0. The molecule has 0 radical (unpaired) electrons. The molecule has 2 nitrogen and oxygen atoms in total. The molecule has 17 heavy (non-hydrogen) atoms. The first-order valence-corrected chi connectivity index (χ1v) is 5.33. The van der Waals surface area contributed by atoms with Gasteiger partial charge in [-0.15, -0.1) is 0 Å². The Kier molecular flexibility index (Phi) is 3.36. The molecule has 0 saturated heterocycles. The van der Waals surface area contributed by atoms with E-state index >= 15 is 0 Å². The highest BCUT2D eigenvalue weighted by atomic mass is 16.4. The van der Waals surface area contributed by atoms with Gasteiger partial charge in [0.2, 0.25) is 0 Å². The van der Waals surface area contributed by atoms with E-state index in [1.54, 1.807) is 18.2 Å². The van der Waals surface area contributed by atoms with Gasteiger partial charge in [-0.2, -0.15) is 0 Å². The molecule has 2 aromatic carbocycles. The number of hydrogen-bond acceptors (Lipinski definition) is 1. The molecule has 0 fully saturated rings. The Morgan fingerprint density at radius 2 is 1.53 bits per heavy atom. The topological polar surface area (TPSA) is 37.3 Å². The summed E-state index contributed by atoms with van der Waals surface area (Å²) in [6, 6.07) is 16.7. The summed E-state index contributed by atoms with van der Waals surface area (Å²) in [5.74, 6) is -0.904. The fraction of sp³-hybridized carbons (Fsp3) is 0. The molecule has 0 aliphatic rings. The lowest BCUT2D eigenvalue weighted by molar-refractivity contribution is 0.0696. The molecule has 0 heterocycles. The van der Waals surface area contributed by atoms with Crippen molar-refractivity contribution in [3.8, 4) is 0 Å². The minimum atomic E-state index is -0.904. The minimum absolute atomic E-state index is 0.319. The van der Waals surface area contributed by atoms with Crippen LogP contribution >= 0.6 is 0 Å². The Balaban J connectivity index is 2.30. The number of carboxylic acid groups (broad SMARTS) is 1. The van der Waals surface area contributed by atoms with Crippen LogP contribution in [0.4, 0.5) is 0 Å². The number of rotatable bonds is 3. The molecule has 0 aromatic heterocycles. The van der Waals surface area contributed by atoms with Crippen molar-refractivity contribution in [2.24, 2.45) is 0 Å². The molecule has 0 atom stereocenters. The summed E-state index contributed by atoms with van der Waals surface area (Å²) in [6.07, 6.45) is 3.72. The third kappa shape index (κ3) is 2.82. The Hall–Kier alpha value is -2.35. The molecular weight excluding hydrogens is 212 g/mol. The molecule has 2 rings (SSSR count). The van der Waals surface area contributed by atoms with E-state index in [9.17, 15) is 4.79 Å². The van der Waals surface area contributed by atoms with Crippen molar-refractivity contribution in [1.82, 2.24) is 0 Å². The van der Waals surface area contributed by atoms with Crippen LogP contribution < -0.4 is 0 Å². The summed E-state index contributed by atoms with van der Waals surface area (Å²) in [5.41, 5.74) is 2.08. The van der Waals surface area contributed by atoms with E-state index < -0.39 is 5.97 Å². The van der Waals surface area contributed by atoms with Crippen molar-refractivity contribution < 1.29 is 9.90 Å². The van der Waals surface area contributed by atoms with Crippen LogP contribution in [0.5, 0.6) is 0 Å². The van der Waals surface area contributed by atoms with Crippen LogP contribution in [0.1, 0.15) is 21.5 Å². The molecule has 0 aliphatic carbocycles. The van der Waals surface area contributed by atoms with Crippen LogP contribution in [0.15, 0.2) is 54.6 Å². The summed E-state index contributed by atoms with van der Waals surface area (Å²) < 4.78 is 0. The third-order valence-corrected chi connectivity index (χ3v) is 2.45. The van der Waals surface area contributed by atoms with E-state index in [1.165, 1.54) is 0 Å². The number of carboxylic acids is 1. The molecule has 84 valence electrons. The fourth-order valence-electron chi connectivity index (χ4n) is 1.59. The first kappa shape index (κ1) is 11.1. The largest absolute Gasteiger partial charge is 0.478 e. The first-order chi connectivity index (χ1) is 8.27. The fourth-order valence-corrected chi connectivity index (χ4v) is 1.59. The number of carbonyl (C=O) groups is 1. The quantitative estimate of drug-likeness (QED) is 0.809. The maximum Gasteiger partial charge on any atom is 0.336 e. The lowest BCUT2D eigenvalue weighted by atomic mass is 10.1. The smallest absolute Gasteiger partial charge is 0.336 e. The van der Waals surface area contributed by atoms with Crippen LogP contribution in [0.2, 0.25) is 0 Å². The van der Waals surface area contributed by atoms with E-state index in [-0.39, 0.29) is 0 Å². The molecule has 0 spiro atoms. The van der Waals surface area contributed by atoms with Gasteiger partial charge >= 0.3 is 5.97 Å². The van der Waals surface area contributed by atoms with Gasteiger partial charge in [0.15, 0.2) is 0 Å². The van der Waals surface area contributed by atoms with Crippen molar-refractivity contribution in [3.05, 3.63) is 71.3 Å². The summed E-state index contributed by atoms with van der Waals surface area (Å²) in [7, 11) is 0. The number of aromatic carboxylic acids is 1. The average molecular weight is 224 g/mol. The predicted octanol–water partition coefficient (Wildman–Crippen LogP) is 3.56. The van der Waals surface area contributed by atoms with Gasteiger partial charge in [0, 0.05) is 0 Å². The second-order valence-corrected chi connectivity index (χ2v) is 3.64. The molecule has 0 bridgehead atoms. The van der Waals surface area contributed by atoms with E-state index in [4.69, 9.17) is 5.11 Å². The SMILES string of the molecule is O=C(O)c1ccccc1/C=C/c1ccccc1. The molecule has 2 heteroatoms. The van der Waals surface area contributed by atoms with Gasteiger partial charge < -0.3 is 5.11 Å². The average Bonchev–Trinajstić information content (AvgIpc) is 2.38. The van der Waals surface area contributed by atoms with Crippen LogP contribution in [0.3, 0.4) is 0 Å². The zero-order chi connectivity index (χ0) is 12.1. The lowest BCUT2D eigenvalue weighted by Gasteiger charge is -1.99. The Bertz CT molecular complexity index is 542. The van der Waals surface area contributed by atoms with Gasteiger partial charge in [-0.05, 0) is 17.2 Å². The number of benzene rings is 2. The normalized spacial score (nSPS) is 10.6. The summed E-state index contributed by atoms with van der Waals surface area (Å²) in [4.78, 5) is 11.0. The summed E-state index contributed by atoms with van der Waals surface area (Å²) in [6.45, 7) is 0. The molecule has 2 aromatic rings. The highest BCUT2D eigenvalue weighted by Crippen LogP contribution is 2.13. The van der Waals surface area contributed by atoms with Crippen molar-refractivity contribution >= 4 is 18.1 Å². The van der Waals surface area contributed by atoms with Gasteiger partial charge in [-0.25, -0.2) is 4.79 Å². The zero-order valence-corrected chi connectivity index (χ0v) is 9.21. The van der Waals surface area contributed by atoms with Crippen molar-refractivity contribution in [2.75, 3.05) is 0 Å². The third-order valence-electron chi connectivity index (χ3n) is 2.45. The van der Waals surface area contributed by atoms with Crippen molar-refractivity contribution in [3.63, 3.8) is 0 Å². The van der Waals surface area contributed by atoms with Crippen molar-refractivity contribution in [2.45, 2.75) is 0 Å². The zero-order valence-electron chi connectivity index (χ0n) is 9.21. The molecule has 0 amide bonds. The Morgan fingerprint density at radius 3 is 2.24 bits per heavy atom. The summed E-state index contributed by atoms with van der Waals surface area (Å²) in [5, 5.41) is 9.03. The van der Waals surface area contributed by atoms with Crippen LogP contribution in [-0.4, -0.2) is 11.1 Å². The van der Waals surface area contributed by atoms with Gasteiger partial charge in [0.1, 0.15) is 0 Å². The van der Waals surface area contributed by atoms with Gasteiger partial charge in [0.05, 0.1) is 5.56 Å². The lowest BCUT2D eigenvalue weighted by Crippen LogP contribution is -1.98. The predicted molar refractivity (Wildman–Crippen MR) is 68.8 cm³/mol. The van der Waals surface area contributed by atoms with Gasteiger partial charge in [-0.3, -0.25) is 0 Å². The maximum atomic E-state index is 11.0. The van der Waals surface area contributed by atoms with Gasteiger partial charge in [0.25, 0.3) is 0 Å². The van der Waals surface area contributed by atoms with E-state index in [0.29, 0.717) is 11.1 Å². The Morgan fingerprint density at radius 1 is 0.882 bits per heavy atom. The standard InChI is InChI=1S/C15H12O2/c16-15(17)14-9-5-4-8-13(14)11-10-12-6-2-1-3-7-12/h1-11H,(H,16,17)/b11-10+. The van der Waals surface area contributed by atoms with E-state index in [1.807, 2.05) is 48.6 Å². The second kappa shape index (κ2) is 5.12. The van der Waals surface area contributed by atoms with Crippen LogP contribution in [0.25, 0.3) is 12.2 Å². The molecule has 0 aliphatic heterocycles. The second-order valence-electron chi connectivity index (χ2n) is 3.64. The summed E-state index contributed by atoms with van der Waals surface area (Å²) >= 11 is 0.